The van der Waals surface area contributed by atoms with Crippen LogP contribution in [0.5, 0.6) is 0 Å². The van der Waals surface area contributed by atoms with Crippen LogP contribution in [0.15, 0.2) is 46.9 Å². The van der Waals surface area contributed by atoms with Gasteiger partial charge in [-0.05, 0) is 51.2 Å². The van der Waals surface area contributed by atoms with E-state index in [2.05, 4.69) is 40.4 Å². The Hall–Kier alpha value is -1.23. The summed E-state index contributed by atoms with van der Waals surface area (Å²) in [7, 11) is 0. The van der Waals surface area contributed by atoms with Crippen molar-refractivity contribution in [3.05, 3.63) is 69.4 Å². The van der Waals surface area contributed by atoms with E-state index in [1.165, 1.54) is 11.6 Å². The number of rotatable bonds is 4. The minimum atomic E-state index is -0.288. The van der Waals surface area contributed by atoms with Gasteiger partial charge in [0.2, 0.25) is 0 Å². The fourth-order valence-corrected chi connectivity index (χ4v) is 2.32. The Morgan fingerprint density at radius 3 is 2.58 bits per heavy atom. The average molecular weight is 323 g/mol. The van der Waals surface area contributed by atoms with Crippen LogP contribution in [-0.2, 0) is 6.42 Å². The van der Waals surface area contributed by atoms with Gasteiger partial charge in [0.1, 0.15) is 5.82 Å². The Labute approximate surface area is 120 Å². The van der Waals surface area contributed by atoms with Crippen molar-refractivity contribution in [1.82, 2.24) is 5.43 Å². The molecule has 0 heterocycles. The highest BCUT2D eigenvalue weighted by Gasteiger charge is 2.14. The average Bonchev–Trinajstić information content (AvgIpc) is 2.44. The van der Waals surface area contributed by atoms with Crippen molar-refractivity contribution < 1.29 is 4.39 Å². The van der Waals surface area contributed by atoms with Gasteiger partial charge < -0.3 is 0 Å². The van der Waals surface area contributed by atoms with Gasteiger partial charge in [0.05, 0.1) is 10.5 Å². The van der Waals surface area contributed by atoms with E-state index in [4.69, 9.17) is 5.84 Å². The topological polar surface area (TPSA) is 38.0 Å². The standard InChI is InChI=1S/C15H16BrFN2/c1-2-10-4-3-5-11(8-10)15(19-18)12-6-7-13(16)14(17)9-12/h3-9,15,19H,2,18H2,1H3. The van der Waals surface area contributed by atoms with Crippen LogP contribution in [0.3, 0.4) is 0 Å². The normalized spacial score (nSPS) is 12.4. The van der Waals surface area contributed by atoms with Gasteiger partial charge in [-0.1, -0.05) is 37.3 Å². The quantitative estimate of drug-likeness (QED) is 0.665. The molecule has 0 spiro atoms. The molecule has 0 aliphatic rings. The molecule has 0 aliphatic carbocycles. The Bertz CT molecular complexity index is 572. The molecular formula is C15H16BrFN2. The molecule has 0 saturated carbocycles. The Balaban J connectivity index is 2.40. The summed E-state index contributed by atoms with van der Waals surface area (Å²) >= 11 is 3.15. The van der Waals surface area contributed by atoms with E-state index in [0.29, 0.717) is 4.47 Å². The molecule has 100 valence electrons. The molecule has 1 atom stereocenters. The van der Waals surface area contributed by atoms with E-state index in [0.717, 1.165) is 17.5 Å². The highest BCUT2D eigenvalue weighted by Crippen LogP contribution is 2.25. The van der Waals surface area contributed by atoms with Crippen LogP contribution < -0.4 is 11.3 Å². The number of hydrogen-bond acceptors (Lipinski definition) is 2. The van der Waals surface area contributed by atoms with Crippen LogP contribution in [0.2, 0.25) is 0 Å². The molecule has 0 amide bonds. The Kier molecular flexibility index (Phi) is 4.69. The second kappa shape index (κ2) is 6.28. The zero-order chi connectivity index (χ0) is 13.8. The fourth-order valence-electron chi connectivity index (χ4n) is 2.07. The van der Waals surface area contributed by atoms with Crippen molar-refractivity contribution in [2.45, 2.75) is 19.4 Å². The van der Waals surface area contributed by atoms with Gasteiger partial charge in [0.15, 0.2) is 0 Å². The zero-order valence-electron chi connectivity index (χ0n) is 10.7. The predicted octanol–water partition coefficient (Wildman–Crippen LogP) is 3.70. The summed E-state index contributed by atoms with van der Waals surface area (Å²) in [5.74, 6) is 5.34. The molecule has 0 fully saturated rings. The third kappa shape index (κ3) is 3.21. The molecule has 2 aromatic carbocycles. The molecule has 1 unspecified atom stereocenters. The van der Waals surface area contributed by atoms with Gasteiger partial charge in [-0.15, -0.1) is 0 Å². The van der Waals surface area contributed by atoms with Gasteiger partial charge in [-0.25, -0.2) is 9.82 Å². The lowest BCUT2D eigenvalue weighted by atomic mass is 9.97. The van der Waals surface area contributed by atoms with E-state index < -0.39 is 0 Å². The smallest absolute Gasteiger partial charge is 0.137 e. The molecule has 4 heteroatoms. The van der Waals surface area contributed by atoms with E-state index in [1.807, 2.05) is 18.2 Å². The van der Waals surface area contributed by atoms with Gasteiger partial charge in [0, 0.05) is 0 Å². The molecule has 0 radical (unpaired) electrons. The molecule has 3 N–H and O–H groups in total. The maximum absolute atomic E-state index is 13.6. The zero-order valence-corrected chi connectivity index (χ0v) is 12.2. The third-order valence-electron chi connectivity index (χ3n) is 3.14. The fraction of sp³-hybridized carbons (Fsp3) is 0.200. The highest BCUT2D eigenvalue weighted by molar-refractivity contribution is 9.10. The van der Waals surface area contributed by atoms with Crippen molar-refractivity contribution in [2.24, 2.45) is 5.84 Å². The molecule has 2 rings (SSSR count). The van der Waals surface area contributed by atoms with Crippen LogP contribution in [0.1, 0.15) is 29.7 Å². The van der Waals surface area contributed by atoms with E-state index >= 15 is 0 Å². The first kappa shape index (κ1) is 14.2. The third-order valence-corrected chi connectivity index (χ3v) is 3.78. The van der Waals surface area contributed by atoms with Gasteiger partial charge in [-0.2, -0.15) is 0 Å². The number of aryl methyl sites for hydroxylation is 1. The number of benzene rings is 2. The molecule has 0 aliphatic heterocycles. The second-order valence-corrected chi connectivity index (χ2v) is 5.23. The maximum atomic E-state index is 13.6. The van der Waals surface area contributed by atoms with E-state index in [9.17, 15) is 4.39 Å². The monoisotopic (exact) mass is 322 g/mol. The van der Waals surface area contributed by atoms with Crippen LogP contribution in [0.4, 0.5) is 4.39 Å². The van der Waals surface area contributed by atoms with Crippen molar-refractivity contribution in [1.29, 1.82) is 0 Å². The van der Waals surface area contributed by atoms with Crippen LogP contribution >= 0.6 is 15.9 Å². The lowest BCUT2D eigenvalue weighted by molar-refractivity contribution is 0.600. The maximum Gasteiger partial charge on any atom is 0.137 e. The van der Waals surface area contributed by atoms with Crippen molar-refractivity contribution in [3.8, 4) is 0 Å². The molecule has 2 aromatic rings. The lowest BCUT2D eigenvalue weighted by Crippen LogP contribution is -2.29. The van der Waals surface area contributed by atoms with Crippen molar-refractivity contribution in [3.63, 3.8) is 0 Å². The first-order chi connectivity index (χ1) is 9.15. The molecule has 0 saturated heterocycles. The molecule has 19 heavy (non-hydrogen) atoms. The van der Waals surface area contributed by atoms with Crippen molar-refractivity contribution >= 4 is 15.9 Å². The minimum absolute atomic E-state index is 0.214. The van der Waals surface area contributed by atoms with Crippen molar-refractivity contribution in [2.75, 3.05) is 0 Å². The summed E-state index contributed by atoms with van der Waals surface area (Å²) in [6.07, 6.45) is 0.958. The number of nitrogens with two attached hydrogens (primary N) is 1. The molecule has 2 nitrogen and oxygen atoms in total. The SMILES string of the molecule is CCc1cccc(C(NN)c2ccc(Br)c(F)c2)c1. The lowest BCUT2D eigenvalue weighted by Gasteiger charge is -2.18. The summed E-state index contributed by atoms with van der Waals surface area (Å²) in [6.45, 7) is 2.10. The molecular weight excluding hydrogens is 307 g/mol. The number of nitrogens with one attached hydrogen (secondary N) is 1. The Morgan fingerprint density at radius 2 is 1.95 bits per heavy atom. The summed E-state index contributed by atoms with van der Waals surface area (Å²) < 4.78 is 14.1. The van der Waals surface area contributed by atoms with Gasteiger partial charge in [0.25, 0.3) is 0 Å². The summed E-state index contributed by atoms with van der Waals surface area (Å²) in [5.41, 5.74) is 5.82. The Morgan fingerprint density at radius 1 is 1.21 bits per heavy atom. The highest BCUT2D eigenvalue weighted by atomic mass is 79.9. The van der Waals surface area contributed by atoms with Gasteiger partial charge in [-0.3, -0.25) is 5.84 Å². The number of hydrogen-bond donors (Lipinski definition) is 2. The molecule has 0 aromatic heterocycles. The summed E-state index contributed by atoms with van der Waals surface area (Å²) in [5, 5.41) is 0. The van der Waals surface area contributed by atoms with Crippen LogP contribution in [0.25, 0.3) is 0 Å². The van der Waals surface area contributed by atoms with Crippen LogP contribution in [0, 0.1) is 5.82 Å². The largest absolute Gasteiger partial charge is 0.271 e. The van der Waals surface area contributed by atoms with Crippen LogP contribution in [-0.4, -0.2) is 0 Å². The van der Waals surface area contributed by atoms with E-state index in [-0.39, 0.29) is 11.9 Å². The van der Waals surface area contributed by atoms with E-state index in [1.54, 1.807) is 6.07 Å². The predicted molar refractivity (Wildman–Crippen MR) is 79.1 cm³/mol. The number of hydrazine groups is 1. The molecule has 0 bridgehead atoms. The van der Waals surface area contributed by atoms with Gasteiger partial charge >= 0.3 is 0 Å². The first-order valence-electron chi connectivity index (χ1n) is 6.15. The number of halogens is 2. The first-order valence-corrected chi connectivity index (χ1v) is 6.95. The second-order valence-electron chi connectivity index (χ2n) is 4.37. The summed E-state index contributed by atoms with van der Waals surface area (Å²) in [6, 6.07) is 13.0. The minimum Gasteiger partial charge on any atom is -0.271 e. The summed E-state index contributed by atoms with van der Waals surface area (Å²) in [4.78, 5) is 0.